The minimum atomic E-state index is -0.0758. The van der Waals surface area contributed by atoms with E-state index in [-0.39, 0.29) is 18.3 Å². The number of fused-ring (bicyclic) bond motifs is 4. The highest BCUT2D eigenvalue weighted by Gasteiger charge is 2.47. The zero-order chi connectivity index (χ0) is 21.1. The Hall–Kier alpha value is -1.59. The summed E-state index contributed by atoms with van der Waals surface area (Å²) in [6.07, 6.45) is 9.01. The Balaban J connectivity index is 1.52. The summed E-state index contributed by atoms with van der Waals surface area (Å²) in [5.74, 6) is 0.551. The number of carbonyl (C=O) groups excluding carboxylic acids is 1. The van der Waals surface area contributed by atoms with Gasteiger partial charge < -0.3 is 9.64 Å². The van der Waals surface area contributed by atoms with Gasteiger partial charge >= 0.3 is 6.03 Å². The molecule has 0 spiro atoms. The molecule has 30 heavy (non-hydrogen) atoms. The number of hydrogen-bond donors (Lipinski definition) is 0. The second-order valence-electron chi connectivity index (χ2n) is 9.57. The molecular weight excluding hydrogens is 374 g/mol. The van der Waals surface area contributed by atoms with Gasteiger partial charge in [-0.3, -0.25) is 9.80 Å². The maximum absolute atomic E-state index is 13.3. The lowest BCUT2D eigenvalue weighted by Gasteiger charge is -2.54. The normalized spacial score (nSPS) is 28.4. The number of hydrogen-bond acceptors (Lipinski definition) is 3. The van der Waals surface area contributed by atoms with Gasteiger partial charge in [0.25, 0.3) is 0 Å². The quantitative estimate of drug-likeness (QED) is 0.636. The molecule has 0 radical (unpaired) electrons. The van der Waals surface area contributed by atoms with Crippen LogP contribution in [0, 0.1) is 5.92 Å². The molecule has 2 fully saturated rings. The smallest absolute Gasteiger partial charge is 0.321 e. The first kappa shape index (κ1) is 21.6. The van der Waals surface area contributed by atoms with Gasteiger partial charge in [-0.05, 0) is 49.1 Å². The van der Waals surface area contributed by atoms with Gasteiger partial charge in [0.05, 0.1) is 0 Å². The molecule has 3 aliphatic heterocycles. The maximum atomic E-state index is 13.3. The lowest BCUT2D eigenvalue weighted by molar-refractivity contribution is -0.120. The topological polar surface area (TPSA) is 36.0 Å². The van der Waals surface area contributed by atoms with Gasteiger partial charge in [-0.25, -0.2) is 4.79 Å². The SMILES string of the molecule is CCCCCCOC1CCC2CN3CCc4ccccc4C3CC2N1C(=O)N(C)C. The van der Waals surface area contributed by atoms with Crippen molar-refractivity contribution in [3.63, 3.8) is 0 Å². The van der Waals surface area contributed by atoms with Crippen molar-refractivity contribution >= 4 is 6.03 Å². The van der Waals surface area contributed by atoms with Crippen LogP contribution in [0.25, 0.3) is 0 Å². The average Bonchev–Trinajstić information content (AvgIpc) is 2.76. The maximum Gasteiger partial charge on any atom is 0.321 e. The second kappa shape index (κ2) is 9.69. The summed E-state index contributed by atoms with van der Waals surface area (Å²) in [5.41, 5.74) is 2.96. The molecule has 0 saturated carbocycles. The summed E-state index contributed by atoms with van der Waals surface area (Å²) in [4.78, 5) is 19.8. The summed E-state index contributed by atoms with van der Waals surface area (Å²) >= 11 is 0. The van der Waals surface area contributed by atoms with Crippen molar-refractivity contribution in [3.8, 4) is 0 Å². The lowest BCUT2D eigenvalue weighted by Crippen LogP contribution is -2.62. The zero-order valence-electron chi connectivity index (χ0n) is 19.1. The predicted molar refractivity (Wildman–Crippen MR) is 120 cm³/mol. The van der Waals surface area contributed by atoms with Gasteiger partial charge in [-0.15, -0.1) is 0 Å². The lowest BCUT2D eigenvalue weighted by atomic mass is 9.76. The van der Waals surface area contributed by atoms with Crippen molar-refractivity contribution in [2.75, 3.05) is 33.8 Å². The molecule has 2 saturated heterocycles. The van der Waals surface area contributed by atoms with Gasteiger partial charge in [-0.2, -0.15) is 0 Å². The van der Waals surface area contributed by atoms with E-state index in [4.69, 9.17) is 4.74 Å². The number of urea groups is 1. The monoisotopic (exact) mass is 413 g/mol. The fourth-order valence-electron chi connectivity index (χ4n) is 5.78. The summed E-state index contributed by atoms with van der Waals surface area (Å²) < 4.78 is 6.33. The molecule has 4 unspecified atom stereocenters. The van der Waals surface area contributed by atoms with Crippen molar-refractivity contribution in [2.45, 2.75) is 76.6 Å². The van der Waals surface area contributed by atoms with E-state index in [2.05, 4.69) is 41.0 Å². The molecule has 1 aromatic carbocycles. The number of nitrogens with zero attached hydrogens (tertiary/aromatic N) is 3. The number of unbranched alkanes of at least 4 members (excludes halogenated alkanes) is 3. The highest BCUT2D eigenvalue weighted by atomic mass is 16.5. The fourth-order valence-corrected chi connectivity index (χ4v) is 5.78. The molecule has 3 heterocycles. The van der Waals surface area contributed by atoms with Crippen molar-refractivity contribution in [1.82, 2.24) is 14.7 Å². The number of likely N-dealkylation sites (tertiary alicyclic amines) is 1. The largest absolute Gasteiger partial charge is 0.358 e. The van der Waals surface area contributed by atoms with Crippen LogP contribution in [0.4, 0.5) is 4.79 Å². The Kier molecular flexibility index (Phi) is 6.99. The Labute approximate surface area is 182 Å². The molecule has 5 heteroatoms. The summed E-state index contributed by atoms with van der Waals surface area (Å²) in [5, 5.41) is 0. The van der Waals surface area contributed by atoms with E-state index in [9.17, 15) is 4.79 Å². The van der Waals surface area contributed by atoms with E-state index < -0.39 is 0 Å². The van der Waals surface area contributed by atoms with E-state index in [1.807, 2.05) is 14.1 Å². The Bertz CT molecular complexity index is 722. The van der Waals surface area contributed by atoms with Crippen LogP contribution in [0.15, 0.2) is 24.3 Å². The third kappa shape index (κ3) is 4.38. The standard InChI is InChI=1S/C25H39N3O2/c1-4-5-6-9-16-30-24-13-12-20-18-27-15-14-19-10-7-8-11-21(19)23(27)17-22(20)28(24)25(29)26(2)3/h7-8,10-11,20,22-24H,4-6,9,12-18H2,1-3H3. The molecule has 0 aromatic heterocycles. The molecule has 5 nitrogen and oxygen atoms in total. The van der Waals surface area contributed by atoms with Gasteiger partial charge in [0.15, 0.2) is 0 Å². The predicted octanol–water partition coefficient (Wildman–Crippen LogP) is 4.67. The van der Waals surface area contributed by atoms with Gasteiger partial charge in [0.1, 0.15) is 6.23 Å². The van der Waals surface area contributed by atoms with Crippen molar-refractivity contribution < 1.29 is 9.53 Å². The molecule has 1 aromatic rings. The molecule has 0 bridgehead atoms. The first-order chi connectivity index (χ1) is 14.6. The first-order valence-electron chi connectivity index (χ1n) is 12.0. The van der Waals surface area contributed by atoms with Crippen molar-refractivity contribution in [3.05, 3.63) is 35.4 Å². The van der Waals surface area contributed by atoms with Gasteiger partial charge in [0, 0.05) is 45.9 Å². The third-order valence-electron chi connectivity index (χ3n) is 7.36. The minimum absolute atomic E-state index is 0.0758. The highest BCUT2D eigenvalue weighted by Crippen LogP contribution is 2.44. The molecule has 4 rings (SSSR count). The Morgan fingerprint density at radius 2 is 2.00 bits per heavy atom. The van der Waals surface area contributed by atoms with Crippen molar-refractivity contribution in [1.29, 1.82) is 0 Å². The molecule has 0 N–H and O–H groups in total. The summed E-state index contributed by atoms with van der Waals surface area (Å²) in [6, 6.07) is 9.71. The third-order valence-corrected chi connectivity index (χ3v) is 7.36. The van der Waals surface area contributed by atoms with E-state index in [1.165, 1.54) is 30.4 Å². The molecule has 166 valence electrons. The molecular formula is C25H39N3O2. The second-order valence-corrected chi connectivity index (χ2v) is 9.57. The van der Waals surface area contributed by atoms with Crippen LogP contribution < -0.4 is 0 Å². The van der Waals surface area contributed by atoms with Crippen LogP contribution in [-0.2, 0) is 11.2 Å². The number of piperidine rings is 2. The Morgan fingerprint density at radius 1 is 1.17 bits per heavy atom. The number of benzene rings is 1. The number of ether oxygens (including phenoxy) is 1. The number of carbonyl (C=O) groups is 1. The van der Waals surface area contributed by atoms with E-state index >= 15 is 0 Å². The van der Waals surface area contributed by atoms with Crippen LogP contribution >= 0.6 is 0 Å². The molecule has 0 aliphatic carbocycles. The van der Waals surface area contributed by atoms with Gasteiger partial charge in [-0.1, -0.05) is 50.5 Å². The fraction of sp³-hybridized carbons (Fsp3) is 0.720. The zero-order valence-corrected chi connectivity index (χ0v) is 19.1. The summed E-state index contributed by atoms with van der Waals surface area (Å²) in [7, 11) is 3.74. The van der Waals surface area contributed by atoms with E-state index in [0.29, 0.717) is 12.0 Å². The van der Waals surface area contributed by atoms with E-state index in [1.54, 1.807) is 4.90 Å². The van der Waals surface area contributed by atoms with Crippen LogP contribution in [0.5, 0.6) is 0 Å². The molecule has 2 amide bonds. The minimum Gasteiger partial charge on any atom is -0.358 e. The van der Waals surface area contributed by atoms with Crippen molar-refractivity contribution in [2.24, 2.45) is 5.92 Å². The van der Waals surface area contributed by atoms with Crippen LogP contribution in [0.3, 0.4) is 0 Å². The van der Waals surface area contributed by atoms with Crippen LogP contribution in [-0.4, -0.2) is 66.8 Å². The van der Waals surface area contributed by atoms with Crippen LogP contribution in [0.2, 0.25) is 0 Å². The first-order valence-corrected chi connectivity index (χ1v) is 12.0. The Morgan fingerprint density at radius 3 is 2.80 bits per heavy atom. The van der Waals surface area contributed by atoms with E-state index in [0.717, 1.165) is 51.8 Å². The van der Waals surface area contributed by atoms with Crippen LogP contribution in [0.1, 0.15) is 69.0 Å². The van der Waals surface area contributed by atoms with Gasteiger partial charge in [0.2, 0.25) is 0 Å². The number of amides is 2. The summed E-state index contributed by atoms with van der Waals surface area (Å²) in [6.45, 7) is 5.24. The average molecular weight is 414 g/mol. The molecule has 4 atom stereocenters. The molecule has 3 aliphatic rings. The number of rotatable bonds is 6. The highest BCUT2D eigenvalue weighted by molar-refractivity contribution is 5.74.